The highest BCUT2D eigenvalue weighted by atomic mass is 35.5. The molecule has 1 heterocycles. The lowest BCUT2D eigenvalue weighted by molar-refractivity contribution is -0.121. The molecular weight excluding hydrogens is 394 g/mol. The highest BCUT2D eigenvalue weighted by molar-refractivity contribution is 8.00. The van der Waals surface area contributed by atoms with Crippen LogP contribution in [0.1, 0.15) is 45.2 Å². The van der Waals surface area contributed by atoms with E-state index in [4.69, 9.17) is 21.1 Å². The van der Waals surface area contributed by atoms with Crippen molar-refractivity contribution < 1.29 is 14.3 Å². The molecular formula is C22H26ClNO3S. The molecule has 1 aliphatic heterocycles. The molecule has 4 nitrogen and oxygen atoms in total. The molecule has 0 radical (unpaired) electrons. The van der Waals surface area contributed by atoms with Crippen LogP contribution >= 0.6 is 23.4 Å². The average molecular weight is 420 g/mol. The number of carbonyl (C=O) groups excluding carboxylic acids is 1. The summed E-state index contributed by atoms with van der Waals surface area (Å²) in [7, 11) is 1.64. The first-order valence-electron chi connectivity index (χ1n) is 9.41. The summed E-state index contributed by atoms with van der Waals surface area (Å²) >= 11 is 7.52. The topological polar surface area (TPSA) is 47.6 Å². The van der Waals surface area contributed by atoms with Gasteiger partial charge in [-0.1, -0.05) is 18.5 Å². The predicted octanol–water partition coefficient (Wildman–Crippen LogP) is 5.64. The number of hydrogen-bond donors (Lipinski definition) is 1. The number of rotatable bonds is 6. The van der Waals surface area contributed by atoms with Crippen molar-refractivity contribution in [3.8, 4) is 11.5 Å². The van der Waals surface area contributed by atoms with Crippen molar-refractivity contribution >= 4 is 29.3 Å². The molecule has 1 amide bonds. The molecule has 0 fully saturated rings. The van der Waals surface area contributed by atoms with Crippen LogP contribution in [0.2, 0.25) is 5.02 Å². The second-order valence-corrected chi connectivity index (χ2v) is 9.21. The zero-order valence-electron chi connectivity index (χ0n) is 16.6. The summed E-state index contributed by atoms with van der Waals surface area (Å²) < 4.78 is 11.5. The summed E-state index contributed by atoms with van der Waals surface area (Å²) in [5.74, 6) is 1.57. The van der Waals surface area contributed by atoms with Crippen molar-refractivity contribution in [1.82, 2.24) is 5.32 Å². The maximum atomic E-state index is 13.1. The second-order valence-electron chi connectivity index (χ2n) is 7.50. The Morgan fingerprint density at radius 1 is 1.32 bits per heavy atom. The summed E-state index contributed by atoms with van der Waals surface area (Å²) in [6.07, 6.45) is 1.43. The molecule has 0 unspecified atom stereocenters. The molecule has 0 aromatic heterocycles. The zero-order valence-corrected chi connectivity index (χ0v) is 18.2. The van der Waals surface area contributed by atoms with Crippen LogP contribution in [-0.4, -0.2) is 23.9 Å². The Morgan fingerprint density at radius 3 is 2.68 bits per heavy atom. The van der Waals surface area contributed by atoms with Gasteiger partial charge >= 0.3 is 0 Å². The second kappa shape index (κ2) is 8.66. The fourth-order valence-corrected chi connectivity index (χ4v) is 4.44. The SMILES string of the molecule is CC[C@H](Sc1ccc(Cl)cc1)C(=O)N[C@@H]1CC(C)(C)Oc2ccc(OC)cc21. The first kappa shape index (κ1) is 20.9. The Balaban J connectivity index is 1.79. The largest absolute Gasteiger partial charge is 0.497 e. The van der Waals surface area contributed by atoms with Gasteiger partial charge in [0.25, 0.3) is 0 Å². The van der Waals surface area contributed by atoms with E-state index in [1.807, 2.05) is 63.2 Å². The van der Waals surface area contributed by atoms with Gasteiger partial charge in [0.1, 0.15) is 17.1 Å². The third-order valence-corrected chi connectivity index (χ3v) is 6.37. The zero-order chi connectivity index (χ0) is 20.3. The lowest BCUT2D eigenvalue weighted by Gasteiger charge is -2.38. The Labute approximate surface area is 175 Å². The third-order valence-electron chi connectivity index (χ3n) is 4.75. The number of nitrogens with one attached hydrogen (secondary N) is 1. The number of carbonyl (C=O) groups is 1. The van der Waals surface area contributed by atoms with Crippen molar-refractivity contribution in [3.05, 3.63) is 53.1 Å². The number of thioether (sulfide) groups is 1. The van der Waals surface area contributed by atoms with Gasteiger partial charge < -0.3 is 14.8 Å². The highest BCUT2D eigenvalue weighted by Crippen LogP contribution is 2.41. The number of benzene rings is 2. The van der Waals surface area contributed by atoms with Crippen LogP contribution in [0.25, 0.3) is 0 Å². The van der Waals surface area contributed by atoms with E-state index in [0.717, 1.165) is 28.4 Å². The molecule has 0 spiro atoms. The summed E-state index contributed by atoms with van der Waals surface area (Å²) in [6.45, 7) is 6.11. The minimum Gasteiger partial charge on any atom is -0.497 e. The van der Waals surface area contributed by atoms with Gasteiger partial charge in [0.2, 0.25) is 5.91 Å². The smallest absolute Gasteiger partial charge is 0.233 e. The molecule has 2 aromatic rings. The first-order chi connectivity index (χ1) is 13.3. The van der Waals surface area contributed by atoms with Gasteiger partial charge in [0.15, 0.2) is 0 Å². The molecule has 3 rings (SSSR count). The molecule has 1 N–H and O–H groups in total. The van der Waals surface area contributed by atoms with Gasteiger partial charge in [-0.2, -0.15) is 0 Å². The van der Waals surface area contributed by atoms with Crippen molar-refractivity contribution in [2.75, 3.05) is 7.11 Å². The average Bonchev–Trinajstić information content (AvgIpc) is 2.66. The predicted molar refractivity (Wildman–Crippen MR) is 115 cm³/mol. The van der Waals surface area contributed by atoms with E-state index in [9.17, 15) is 4.79 Å². The van der Waals surface area contributed by atoms with E-state index in [-0.39, 0.29) is 22.8 Å². The minimum absolute atomic E-state index is 0.0268. The minimum atomic E-state index is -0.357. The maximum absolute atomic E-state index is 13.1. The summed E-state index contributed by atoms with van der Waals surface area (Å²) in [4.78, 5) is 14.1. The van der Waals surface area contributed by atoms with Gasteiger partial charge in [-0.25, -0.2) is 0 Å². The Hall–Kier alpha value is -1.85. The van der Waals surface area contributed by atoms with Gasteiger partial charge in [0.05, 0.1) is 18.4 Å². The lowest BCUT2D eigenvalue weighted by atomic mass is 9.89. The van der Waals surface area contributed by atoms with Crippen molar-refractivity contribution in [3.63, 3.8) is 0 Å². The van der Waals surface area contributed by atoms with Crippen molar-refractivity contribution in [2.45, 2.75) is 55.4 Å². The van der Waals surface area contributed by atoms with E-state index < -0.39 is 0 Å². The van der Waals surface area contributed by atoms with Crippen molar-refractivity contribution in [2.24, 2.45) is 0 Å². The van der Waals surface area contributed by atoms with E-state index in [1.54, 1.807) is 18.9 Å². The Bertz CT molecular complexity index is 838. The van der Waals surface area contributed by atoms with Gasteiger partial charge in [-0.05, 0) is 62.7 Å². The highest BCUT2D eigenvalue weighted by Gasteiger charge is 2.35. The van der Waals surface area contributed by atoms with E-state index in [0.29, 0.717) is 11.4 Å². The maximum Gasteiger partial charge on any atom is 0.233 e. The van der Waals surface area contributed by atoms with Crippen LogP contribution in [0.4, 0.5) is 0 Å². The van der Waals surface area contributed by atoms with Gasteiger partial charge in [-0.3, -0.25) is 4.79 Å². The van der Waals surface area contributed by atoms with Crippen LogP contribution in [0.5, 0.6) is 11.5 Å². The van der Waals surface area contributed by atoms with Crippen LogP contribution < -0.4 is 14.8 Å². The van der Waals surface area contributed by atoms with Crippen LogP contribution in [0, 0.1) is 0 Å². The number of methoxy groups -OCH3 is 1. The van der Waals surface area contributed by atoms with Crippen LogP contribution in [-0.2, 0) is 4.79 Å². The number of halogens is 1. The van der Waals surface area contributed by atoms with Gasteiger partial charge in [0, 0.05) is 21.9 Å². The third kappa shape index (κ3) is 4.95. The fraction of sp³-hybridized carbons (Fsp3) is 0.409. The number of amides is 1. The van der Waals surface area contributed by atoms with Gasteiger partial charge in [-0.15, -0.1) is 11.8 Å². The molecule has 2 atom stereocenters. The molecule has 0 saturated carbocycles. The van der Waals surface area contributed by atoms with E-state index >= 15 is 0 Å². The van der Waals surface area contributed by atoms with Crippen molar-refractivity contribution in [1.29, 1.82) is 0 Å². The summed E-state index contributed by atoms with van der Waals surface area (Å²) in [5, 5.41) is 3.76. The molecule has 6 heteroatoms. The monoisotopic (exact) mass is 419 g/mol. The number of fused-ring (bicyclic) bond motifs is 1. The Kier molecular flexibility index (Phi) is 6.46. The fourth-order valence-electron chi connectivity index (χ4n) is 3.35. The molecule has 2 aromatic carbocycles. The standard InChI is InChI=1S/C22H26ClNO3S/c1-5-20(28-16-9-6-14(23)7-10-16)21(25)24-18-13-22(2,3)27-19-11-8-15(26-4)12-17(18)19/h6-12,18,20H,5,13H2,1-4H3,(H,24,25)/t18-,20+/m1/s1. The first-order valence-corrected chi connectivity index (χ1v) is 10.7. The molecule has 0 saturated heterocycles. The van der Waals surface area contributed by atoms with Crippen LogP contribution in [0.3, 0.4) is 0 Å². The number of ether oxygens (including phenoxy) is 2. The molecule has 0 bridgehead atoms. The molecule has 0 aliphatic carbocycles. The summed E-state index contributed by atoms with van der Waals surface area (Å²) in [5.41, 5.74) is 0.600. The number of hydrogen-bond acceptors (Lipinski definition) is 4. The lowest BCUT2D eigenvalue weighted by Crippen LogP contribution is -2.43. The summed E-state index contributed by atoms with van der Waals surface area (Å²) in [6, 6.07) is 13.2. The molecule has 150 valence electrons. The van der Waals surface area contributed by atoms with E-state index in [2.05, 4.69) is 5.32 Å². The van der Waals surface area contributed by atoms with E-state index in [1.165, 1.54) is 0 Å². The quantitative estimate of drug-likeness (QED) is 0.615. The van der Waals surface area contributed by atoms with Crippen LogP contribution in [0.15, 0.2) is 47.4 Å². The molecule has 28 heavy (non-hydrogen) atoms. The Morgan fingerprint density at radius 2 is 2.04 bits per heavy atom. The molecule has 1 aliphatic rings. The normalized spacial score (nSPS) is 18.5.